The molecule has 0 saturated carbocycles. The van der Waals surface area contributed by atoms with Crippen LogP contribution in [0.5, 0.6) is 0 Å². The van der Waals surface area contributed by atoms with Crippen molar-refractivity contribution in [3.05, 3.63) is 102 Å². The molecule has 3 aromatic rings. The summed E-state index contributed by atoms with van der Waals surface area (Å²) in [6.07, 6.45) is 1.11. The van der Waals surface area contributed by atoms with E-state index >= 15 is 0 Å². The van der Waals surface area contributed by atoms with Crippen molar-refractivity contribution >= 4 is 28.8 Å². The summed E-state index contributed by atoms with van der Waals surface area (Å²) in [6.45, 7) is 4.19. The molecule has 6 heteroatoms. The maximum atomic E-state index is 13.9. The van der Waals surface area contributed by atoms with Gasteiger partial charge in [-0.15, -0.1) is 0 Å². The van der Waals surface area contributed by atoms with Crippen molar-refractivity contribution in [1.82, 2.24) is 0 Å². The number of nitrogens with one attached hydrogen (secondary N) is 2. The van der Waals surface area contributed by atoms with Crippen LogP contribution in [0.4, 0.5) is 21.5 Å². The van der Waals surface area contributed by atoms with E-state index < -0.39 is 6.04 Å². The second-order valence-corrected chi connectivity index (χ2v) is 9.97. The van der Waals surface area contributed by atoms with Gasteiger partial charge in [-0.2, -0.15) is 0 Å². The molecule has 0 spiro atoms. The average molecular weight is 470 g/mol. The van der Waals surface area contributed by atoms with Crippen LogP contribution in [0, 0.1) is 11.2 Å². The third-order valence-corrected chi connectivity index (χ3v) is 6.56. The predicted molar refractivity (Wildman–Crippen MR) is 137 cm³/mol. The number of halogens is 1. The minimum absolute atomic E-state index is 0.0169. The van der Waals surface area contributed by atoms with Gasteiger partial charge in [-0.25, -0.2) is 4.39 Å². The smallest absolute Gasteiger partial charge is 0.243 e. The minimum atomic E-state index is -0.535. The number of amides is 1. The highest BCUT2D eigenvalue weighted by Gasteiger charge is 2.41. The van der Waals surface area contributed by atoms with Gasteiger partial charge in [0.15, 0.2) is 5.78 Å². The van der Waals surface area contributed by atoms with E-state index in [2.05, 4.69) is 24.5 Å². The van der Waals surface area contributed by atoms with Gasteiger partial charge < -0.3 is 15.5 Å². The zero-order chi connectivity index (χ0) is 24.6. The van der Waals surface area contributed by atoms with Crippen LogP contribution in [-0.4, -0.2) is 18.2 Å². The lowest BCUT2D eigenvalue weighted by molar-refractivity contribution is -0.119. The fraction of sp³-hybridized carbons (Fsp3) is 0.241. The molecule has 1 amide bonds. The normalized spacial score (nSPS) is 18.8. The number of carbonyl (C=O) groups is 2. The molecule has 2 N–H and O–H groups in total. The molecule has 0 radical (unpaired) electrons. The third kappa shape index (κ3) is 4.69. The molecule has 0 fully saturated rings. The number of rotatable bonds is 4. The number of nitrogens with zero attached hydrogens (tertiary/aromatic N) is 1. The highest BCUT2D eigenvalue weighted by molar-refractivity contribution is 6.02. The number of allylic oxidation sites excluding steroid dienone is 1. The van der Waals surface area contributed by atoms with Gasteiger partial charge in [-0.05, 0) is 53.8 Å². The van der Waals surface area contributed by atoms with E-state index in [0.29, 0.717) is 24.1 Å². The van der Waals surface area contributed by atoms with Gasteiger partial charge in [0.05, 0.1) is 24.0 Å². The number of Topliss-reactive ketones (excluding diaryl/α,β-unsaturated/α-hetero) is 1. The second kappa shape index (κ2) is 9.02. The van der Waals surface area contributed by atoms with Gasteiger partial charge in [0.1, 0.15) is 5.82 Å². The molecular formula is C29H28FN3O2. The highest BCUT2D eigenvalue weighted by Crippen LogP contribution is 2.48. The van der Waals surface area contributed by atoms with Gasteiger partial charge in [0.2, 0.25) is 5.91 Å². The lowest BCUT2D eigenvalue weighted by Gasteiger charge is -2.37. The Morgan fingerprint density at radius 1 is 1.00 bits per heavy atom. The minimum Gasteiger partial charge on any atom is -0.357 e. The van der Waals surface area contributed by atoms with Crippen LogP contribution in [-0.2, 0) is 9.59 Å². The number of fused-ring (bicyclic) bond motifs is 1. The van der Waals surface area contributed by atoms with Crippen LogP contribution in [0.1, 0.15) is 38.3 Å². The lowest BCUT2D eigenvalue weighted by Crippen LogP contribution is -2.40. The molecule has 35 heavy (non-hydrogen) atoms. The SMILES string of the molecule is CC1(C)CC(=O)C2=C(C1)Nc1ccccc1N(CC(=O)Nc1ccccc1)[C@H]2c1ccc(F)cc1. The summed E-state index contributed by atoms with van der Waals surface area (Å²) in [5.74, 6) is -0.510. The number of para-hydroxylation sites is 3. The van der Waals surface area contributed by atoms with Crippen molar-refractivity contribution in [2.45, 2.75) is 32.7 Å². The molecular weight excluding hydrogens is 441 g/mol. The summed E-state index contributed by atoms with van der Waals surface area (Å²) in [6, 6.07) is 22.7. The number of carbonyl (C=O) groups excluding carboxylic acids is 2. The molecule has 2 aliphatic rings. The largest absolute Gasteiger partial charge is 0.357 e. The van der Waals surface area contributed by atoms with Crippen LogP contribution in [0.2, 0.25) is 0 Å². The fourth-order valence-corrected chi connectivity index (χ4v) is 5.10. The molecule has 1 aliphatic carbocycles. The van der Waals surface area contributed by atoms with Gasteiger partial charge in [-0.3, -0.25) is 9.59 Å². The first kappa shape index (κ1) is 22.8. The van der Waals surface area contributed by atoms with Gasteiger partial charge in [-0.1, -0.05) is 56.3 Å². The van der Waals surface area contributed by atoms with Crippen LogP contribution >= 0.6 is 0 Å². The molecule has 1 atom stereocenters. The quantitative estimate of drug-likeness (QED) is 0.486. The van der Waals surface area contributed by atoms with Gasteiger partial charge >= 0.3 is 0 Å². The van der Waals surface area contributed by atoms with Crippen molar-refractivity contribution in [2.24, 2.45) is 5.41 Å². The first-order chi connectivity index (χ1) is 16.8. The average Bonchev–Trinajstić information content (AvgIpc) is 2.94. The van der Waals surface area contributed by atoms with E-state index in [4.69, 9.17) is 0 Å². The maximum absolute atomic E-state index is 13.9. The molecule has 3 aromatic carbocycles. The third-order valence-electron chi connectivity index (χ3n) is 6.56. The van der Waals surface area contributed by atoms with Gasteiger partial charge in [0, 0.05) is 23.4 Å². The fourth-order valence-electron chi connectivity index (χ4n) is 5.10. The lowest BCUT2D eigenvalue weighted by atomic mass is 9.73. The van der Waals surface area contributed by atoms with Crippen LogP contribution in [0.3, 0.4) is 0 Å². The van der Waals surface area contributed by atoms with Crippen molar-refractivity contribution in [3.8, 4) is 0 Å². The molecule has 1 heterocycles. The molecule has 178 valence electrons. The summed E-state index contributed by atoms with van der Waals surface area (Å²) >= 11 is 0. The van der Waals surface area contributed by atoms with Crippen LogP contribution in [0.15, 0.2) is 90.1 Å². The Balaban J connectivity index is 1.64. The Kier molecular flexibility index (Phi) is 5.89. The van der Waals surface area contributed by atoms with E-state index in [1.54, 1.807) is 12.1 Å². The molecule has 1 aliphatic heterocycles. The highest BCUT2D eigenvalue weighted by atomic mass is 19.1. The maximum Gasteiger partial charge on any atom is 0.243 e. The van der Waals surface area contributed by atoms with Crippen molar-refractivity contribution in [3.63, 3.8) is 0 Å². The Morgan fingerprint density at radius 3 is 2.43 bits per heavy atom. The first-order valence-electron chi connectivity index (χ1n) is 11.8. The standard InChI is InChI=1S/C29H28FN3O2/c1-29(2)16-23-27(25(34)17-29)28(19-12-14-20(30)15-13-19)33(24-11-7-6-10-22(24)32-23)18-26(35)31-21-8-4-3-5-9-21/h3-15,28,32H,16-18H2,1-2H3,(H,31,35)/t28-/m0/s1. The molecule has 0 aromatic heterocycles. The van der Waals surface area contributed by atoms with Crippen molar-refractivity contribution < 1.29 is 14.0 Å². The number of anilines is 3. The van der Waals surface area contributed by atoms with E-state index in [1.165, 1.54) is 12.1 Å². The number of benzene rings is 3. The van der Waals surface area contributed by atoms with E-state index in [0.717, 1.165) is 22.6 Å². The molecule has 5 rings (SSSR count). The predicted octanol–water partition coefficient (Wildman–Crippen LogP) is 6.08. The monoisotopic (exact) mass is 469 g/mol. The van der Waals surface area contributed by atoms with E-state index in [9.17, 15) is 14.0 Å². The summed E-state index contributed by atoms with van der Waals surface area (Å²) in [5, 5.41) is 6.48. The number of ketones is 1. The summed E-state index contributed by atoms with van der Waals surface area (Å²) < 4.78 is 13.9. The molecule has 0 saturated heterocycles. The summed E-state index contributed by atoms with van der Waals surface area (Å²) in [7, 11) is 0. The summed E-state index contributed by atoms with van der Waals surface area (Å²) in [4.78, 5) is 28.8. The zero-order valence-corrected chi connectivity index (χ0v) is 19.8. The molecule has 0 bridgehead atoms. The Morgan fingerprint density at radius 2 is 1.69 bits per heavy atom. The van der Waals surface area contributed by atoms with Crippen LogP contribution in [0.25, 0.3) is 0 Å². The molecule has 0 unspecified atom stereocenters. The van der Waals surface area contributed by atoms with Crippen molar-refractivity contribution in [1.29, 1.82) is 0 Å². The number of hydrogen-bond donors (Lipinski definition) is 2. The first-order valence-corrected chi connectivity index (χ1v) is 11.8. The second-order valence-electron chi connectivity index (χ2n) is 9.97. The van der Waals surface area contributed by atoms with Gasteiger partial charge in [0.25, 0.3) is 0 Å². The van der Waals surface area contributed by atoms with E-state index in [-0.39, 0.29) is 29.5 Å². The Hall–Kier alpha value is -3.93. The Bertz CT molecular complexity index is 1300. The molecule has 5 nitrogen and oxygen atoms in total. The zero-order valence-electron chi connectivity index (χ0n) is 19.8. The summed E-state index contributed by atoms with van der Waals surface area (Å²) in [5.41, 5.74) is 4.42. The topological polar surface area (TPSA) is 61.4 Å². The van der Waals surface area contributed by atoms with E-state index in [1.807, 2.05) is 59.5 Å². The Labute approximate surface area is 204 Å². The number of hydrogen-bond acceptors (Lipinski definition) is 4. The van der Waals surface area contributed by atoms with Crippen LogP contribution < -0.4 is 15.5 Å². The van der Waals surface area contributed by atoms with Crippen molar-refractivity contribution in [2.75, 3.05) is 22.1 Å².